The van der Waals surface area contributed by atoms with Crippen LogP contribution in [0.5, 0.6) is 0 Å². The highest BCUT2D eigenvalue weighted by Gasteiger charge is 2.35. The normalized spacial score (nSPS) is 16.6. The third-order valence-corrected chi connectivity index (χ3v) is 3.42. The Balaban J connectivity index is 4.61. The van der Waals surface area contributed by atoms with E-state index in [-0.39, 0.29) is 5.97 Å². The van der Waals surface area contributed by atoms with E-state index in [1.165, 1.54) is 0 Å². The molecule has 0 rings (SSSR count). The Bertz CT molecular complexity index is 229. The molecule has 0 aliphatic rings. The zero-order valence-electron chi connectivity index (χ0n) is 12.2. The fraction of sp³-hybridized carbons (Fsp3) is 0.923. The van der Waals surface area contributed by atoms with E-state index in [0.717, 1.165) is 19.5 Å². The topological polar surface area (TPSA) is 41.6 Å². The van der Waals surface area contributed by atoms with Gasteiger partial charge in [0, 0.05) is 6.04 Å². The van der Waals surface area contributed by atoms with E-state index >= 15 is 0 Å². The number of likely N-dealkylation sites (N-methyl/N-ethyl adjacent to an activating group) is 1. The second kappa shape index (κ2) is 7.67. The molecule has 4 nitrogen and oxygen atoms in total. The van der Waals surface area contributed by atoms with E-state index in [1.807, 2.05) is 20.9 Å². The lowest BCUT2D eigenvalue weighted by Crippen LogP contribution is -2.52. The zero-order valence-corrected chi connectivity index (χ0v) is 12.2. The number of rotatable bonds is 8. The maximum atomic E-state index is 11.9. The Hall–Kier alpha value is -0.610. The van der Waals surface area contributed by atoms with Gasteiger partial charge < -0.3 is 15.0 Å². The Labute approximate surface area is 106 Å². The molecule has 0 aromatic rings. The number of hydrogen-bond acceptors (Lipinski definition) is 4. The zero-order chi connectivity index (χ0) is 13.5. The molecule has 0 heterocycles. The molecule has 2 unspecified atom stereocenters. The van der Waals surface area contributed by atoms with Crippen LogP contribution in [-0.4, -0.2) is 49.2 Å². The SMILES string of the molecule is CCOC(=O)C(C)(CC(C)N(CC)CC)NC. The highest BCUT2D eigenvalue weighted by Crippen LogP contribution is 2.17. The molecule has 0 amide bonds. The van der Waals surface area contributed by atoms with Gasteiger partial charge in [-0.15, -0.1) is 0 Å². The van der Waals surface area contributed by atoms with Crippen molar-refractivity contribution >= 4 is 5.97 Å². The van der Waals surface area contributed by atoms with Gasteiger partial charge in [-0.3, -0.25) is 4.79 Å². The number of esters is 1. The van der Waals surface area contributed by atoms with Crippen molar-refractivity contribution in [3.63, 3.8) is 0 Å². The maximum absolute atomic E-state index is 11.9. The molecule has 0 saturated heterocycles. The molecule has 0 fully saturated rings. The van der Waals surface area contributed by atoms with E-state index in [2.05, 4.69) is 31.0 Å². The van der Waals surface area contributed by atoms with E-state index in [1.54, 1.807) is 0 Å². The van der Waals surface area contributed by atoms with Gasteiger partial charge in [0.15, 0.2) is 0 Å². The lowest BCUT2D eigenvalue weighted by atomic mass is 9.93. The largest absolute Gasteiger partial charge is 0.465 e. The summed E-state index contributed by atoms with van der Waals surface area (Å²) in [6.07, 6.45) is 0.754. The average Bonchev–Trinajstić information content (AvgIpc) is 2.30. The van der Waals surface area contributed by atoms with Crippen molar-refractivity contribution in [3.8, 4) is 0 Å². The first-order chi connectivity index (χ1) is 7.95. The molecular formula is C13H28N2O2. The predicted molar refractivity (Wildman–Crippen MR) is 71.1 cm³/mol. The number of nitrogens with one attached hydrogen (secondary N) is 1. The Morgan fingerprint density at radius 2 is 1.88 bits per heavy atom. The standard InChI is InChI=1S/C13H28N2O2/c1-7-15(8-2)11(4)10-13(5,14-6)12(16)17-9-3/h11,14H,7-10H2,1-6H3. The number of carbonyl (C=O) groups excluding carboxylic acids is 1. The maximum Gasteiger partial charge on any atom is 0.326 e. The minimum Gasteiger partial charge on any atom is -0.465 e. The molecule has 0 aliphatic heterocycles. The summed E-state index contributed by atoms with van der Waals surface area (Å²) in [5.74, 6) is -0.165. The minimum absolute atomic E-state index is 0.165. The summed E-state index contributed by atoms with van der Waals surface area (Å²) < 4.78 is 5.13. The lowest BCUT2D eigenvalue weighted by Gasteiger charge is -2.34. The van der Waals surface area contributed by atoms with Gasteiger partial charge in [-0.05, 0) is 47.3 Å². The molecule has 0 saturated carbocycles. The van der Waals surface area contributed by atoms with Crippen LogP contribution in [-0.2, 0) is 9.53 Å². The number of carbonyl (C=O) groups is 1. The fourth-order valence-electron chi connectivity index (χ4n) is 2.14. The van der Waals surface area contributed by atoms with Crippen LogP contribution in [0.4, 0.5) is 0 Å². The van der Waals surface area contributed by atoms with Gasteiger partial charge in [0.25, 0.3) is 0 Å². The van der Waals surface area contributed by atoms with Crippen LogP contribution < -0.4 is 5.32 Å². The van der Waals surface area contributed by atoms with Crippen molar-refractivity contribution in [2.24, 2.45) is 0 Å². The molecule has 0 radical (unpaired) electrons. The molecule has 17 heavy (non-hydrogen) atoms. The second-order valence-electron chi connectivity index (χ2n) is 4.58. The van der Waals surface area contributed by atoms with E-state index in [4.69, 9.17) is 4.74 Å². The highest BCUT2D eigenvalue weighted by atomic mass is 16.5. The first-order valence-corrected chi connectivity index (χ1v) is 6.55. The quantitative estimate of drug-likeness (QED) is 0.659. The van der Waals surface area contributed by atoms with Crippen LogP contribution >= 0.6 is 0 Å². The first kappa shape index (κ1) is 16.4. The van der Waals surface area contributed by atoms with Crippen molar-refractivity contribution < 1.29 is 9.53 Å². The summed E-state index contributed by atoms with van der Waals surface area (Å²) in [5, 5.41) is 3.10. The van der Waals surface area contributed by atoms with Crippen LogP contribution in [0.1, 0.15) is 41.0 Å². The van der Waals surface area contributed by atoms with Crippen LogP contribution in [0.3, 0.4) is 0 Å². The van der Waals surface area contributed by atoms with Gasteiger partial charge in [0.05, 0.1) is 6.61 Å². The predicted octanol–water partition coefficient (Wildman–Crippen LogP) is 1.65. The van der Waals surface area contributed by atoms with Crippen molar-refractivity contribution in [2.75, 3.05) is 26.7 Å². The van der Waals surface area contributed by atoms with Gasteiger partial charge in [-0.2, -0.15) is 0 Å². The summed E-state index contributed by atoms with van der Waals surface area (Å²) in [5.41, 5.74) is -0.599. The molecule has 0 spiro atoms. The van der Waals surface area contributed by atoms with Crippen molar-refractivity contribution in [1.29, 1.82) is 0 Å². The fourth-order valence-corrected chi connectivity index (χ4v) is 2.14. The number of ether oxygens (including phenoxy) is 1. The highest BCUT2D eigenvalue weighted by molar-refractivity contribution is 5.80. The molecule has 2 atom stereocenters. The summed E-state index contributed by atoms with van der Waals surface area (Å²) in [6.45, 7) is 12.6. The van der Waals surface area contributed by atoms with Crippen molar-refractivity contribution in [1.82, 2.24) is 10.2 Å². The van der Waals surface area contributed by atoms with Crippen LogP contribution in [0.2, 0.25) is 0 Å². The lowest BCUT2D eigenvalue weighted by molar-refractivity contribution is -0.151. The van der Waals surface area contributed by atoms with Gasteiger partial charge in [0.1, 0.15) is 5.54 Å². The molecule has 0 aliphatic carbocycles. The summed E-state index contributed by atoms with van der Waals surface area (Å²) in [4.78, 5) is 14.3. The number of hydrogen-bond donors (Lipinski definition) is 1. The Kier molecular flexibility index (Phi) is 7.39. The monoisotopic (exact) mass is 244 g/mol. The van der Waals surface area contributed by atoms with Gasteiger partial charge in [-0.1, -0.05) is 13.8 Å². The van der Waals surface area contributed by atoms with Gasteiger partial charge in [0.2, 0.25) is 0 Å². The van der Waals surface area contributed by atoms with Crippen LogP contribution in [0.25, 0.3) is 0 Å². The van der Waals surface area contributed by atoms with Crippen molar-refractivity contribution in [2.45, 2.75) is 52.6 Å². The molecule has 0 bridgehead atoms. The first-order valence-electron chi connectivity index (χ1n) is 6.55. The van der Waals surface area contributed by atoms with Gasteiger partial charge >= 0.3 is 5.97 Å². The van der Waals surface area contributed by atoms with E-state index in [0.29, 0.717) is 12.6 Å². The molecule has 1 N–H and O–H groups in total. The molecular weight excluding hydrogens is 216 g/mol. The summed E-state index contributed by atoms with van der Waals surface area (Å²) in [7, 11) is 1.81. The average molecular weight is 244 g/mol. The minimum atomic E-state index is -0.599. The second-order valence-corrected chi connectivity index (χ2v) is 4.58. The molecule has 0 aromatic heterocycles. The summed E-state index contributed by atoms with van der Waals surface area (Å²) in [6, 6.07) is 0.354. The molecule has 102 valence electrons. The molecule has 0 aromatic carbocycles. The van der Waals surface area contributed by atoms with E-state index < -0.39 is 5.54 Å². The Morgan fingerprint density at radius 3 is 2.24 bits per heavy atom. The van der Waals surface area contributed by atoms with E-state index in [9.17, 15) is 4.79 Å². The Morgan fingerprint density at radius 1 is 1.35 bits per heavy atom. The smallest absolute Gasteiger partial charge is 0.326 e. The molecule has 4 heteroatoms. The van der Waals surface area contributed by atoms with Crippen molar-refractivity contribution in [3.05, 3.63) is 0 Å². The van der Waals surface area contributed by atoms with Crippen LogP contribution in [0, 0.1) is 0 Å². The van der Waals surface area contributed by atoms with Crippen LogP contribution in [0.15, 0.2) is 0 Å². The number of nitrogens with zero attached hydrogens (tertiary/aromatic N) is 1. The third kappa shape index (κ3) is 4.64. The van der Waals surface area contributed by atoms with Gasteiger partial charge in [-0.25, -0.2) is 0 Å². The third-order valence-electron chi connectivity index (χ3n) is 3.42. The summed E-state index contributed by atoms with van der Waals surface area (Å²) >= 11 is 0.